The van der Waals surface area contributed by atoms with Crippen molar-refractivity contribution >= 4 is 11.9 Å². The van der Waals surface area contributed by atoms with Gasteiger partial charge in [-0.05, 0) is 42.7 Å². The molecule has 0 saturated heterocycles. The second kappa shape index (κ2) is 9.20. The summed E-state index contributed by atoms with van der Waals surface area (Å²) in [6, 6.07) is 7.06. The molecule has 0 aromatic heterocycles. The van der Waals surface area contributed by atoms with Crippen LogP contribution in [0.4, 0.5) is 0 Å². The van der Waals surface area contributed by atoms with Crippen LogP contribution in [0.3, 0.4) is 0 Å². The standard InChI is InChI=1S/C23H24O13/c1-32-20(25)21(7-2-8-21)11-34-17-14(12-3-4-15-13(9-12)10-33-19(15)24)5-6-16(35-22(26,27)28)18(17)36-23(29,30)31/h3-6,9,26-31H,2,7-8,10-11H2,1H3. The van der Waals surface area contributed by atoms with Gasteiger partial charge in [0.2, 0.25) is 5.75 Å². The molecule has 0 unspecified atom stereocenters. The first-order valence-corrected chi connectivity index (χ1v) is 10.7. The normalized spacial score (nSPS) is 16.5. The summed E-state index contributed by atoms with van der Waals surface area (Å²) in [6.07, 6.45) is -5.89. The Balaban J connectivity index is 1.84. The molecule has 0 spiro atoms. The highest BCUT2D eigenvalue weighted by Gasteiger charge is 2.47. The summed E-state index contributed by atoms with van der Waals surface area (Å²) >= 11 is 0. The van der Waals surface area contributed by atoms with Crippen molar-refractivity contribution in [2.75, 3.05) is 13.7 Å². The van der Waals surface area contributed by atoms with Gasteiger partial charge in [-0.25, -0.2) is 4.79 Å². The quantitative estimate of drug-likeness (QED) is 0.190. The number of methoxy groups -OCH3 is 1. The second-order valence-electron chi connectivity index (χ2n) is 8.48. The third-order valence-corrected chi connectivity index (χ3v) is 5.98. The third-order valence-electron chi connectivity index (χ3n) is 5.98. The summed E-state index contributed by atoms with van der Waals surface area (Å²) < 4.78 is 25.2. The van der Waals surface area contributed by atoms with Crippen LogP contribution < -0.4 is 14.2 Å². The zero-order valence-electron chi connectivity index (χ0n) is 19.0. The molecule has 2 aromatic rings. The number of carbonyl (C=O) groups is 2. The van der Waals surface area contributed by atoms with E-state index in [9.17, 15) is 40.2 Å². The van der Waals surface area contributed by atoms with E-state index >= 15 is 0 Å². The van der Waals surface area contributed by atoms with E-state index in [0.717, 1.165) is 12.5 Å². The van der Waals surface area contributed by atoms with E-state index in [-0.39, 0.29) is 24.5 Å². The number of rotatable bonds is 9. The molecule has 1 saturated carbocycles. The van der Waals surface area contributed by atoms with Crippen molar-refractivity contribution in [1.82, 2.24) is 0 Å². The maximum absolute atomic E-state index is 12.4. The molecule has 4 rings (SSSR count). The highest BCUT2D eigenvalue weighted by Crippen LogP contribution is 2.49. The first-order valence-electron chi connectivity index (χ1n) is 10.7. The van der Waals surface area contributed by atoms with E-state index in [1.54, 1.807) is 6.07 Å². The summed E-state index contributed by atoms with van der Waals surface area (Å²) in [5, 5.41) is 56.5. The number of esters is 2. The van der Waals surface area contributed by atoms with Crippen LogP contribution in [0, 0.1) is 5.41 Å². The van der Waals surface area contributed by atoms with E-state index in [2.05, 4.69) is 4.74 Å². The number of benzene rings is 2. The summed E-state index contributed by atoms with van der Waals surface area (Å²) in [5.41, 5.74) is 0.505. The molecule has 1 aliphatic heterocycles. The second-order valence-corrected chi connectivity index (χ2v) is 8.48. The minimum absolute atomic E-state index is 0.0172. The zero-order chi connectivity index (χ0) is 26.3. The summed E-state index contributed by atoms with van der Waals surface area (Å²) in [4.78, 5) is 24.2. The van der Waals surface area contributed by atoms with Crippen LogP contribution in [-0.4, -0.2) is 68.6 Å². The van der Waals surface area contributed by atoms with Crippen LogP contribution in [0.2, 0.25) is 0 Å². The monoisotopic (exact) mass is 508 g/mol. The van der Waals surface area contributed by atoms with Gasteiger partial charge < -0.3 is 54.3 Å². The minimum atomic E-state index is -3.79. The molecule has 0 amide bonds. The first kappa shape index (κ1) is 25.6. The lowest BCUT2D eigenvalue weighted by Gasteiger charge is -2.38. The number of fused-ring (bicyclic) bond motifs is 1. The molecule has 36 heavy (non-hydrogen) atoms. The molecule has 1 heterocycles. The number of ether oxygens (including phenoxy) is 5. The van der Waals surface area contributed by atoms with E-state index in [1.165, 1.54) is 25.3 Å². The lowest BCUT2D eigenvalue weighted by atomic mass is 9.69. The van der Waals surface area contributed by atoms with Gasteiger partial charge in [-0.2, -0.15) is 0 Å². The van der Waals surface area contributed by atoms with E-state index in [4.69, 9.17) is 18.9 Å². The van der Waals surface area contributed by atoms with Gasteiger partial charge in [0.25, 0.3) is 0 Å². The smallest absolute Gasteiger partial charge is 0.453 e. The number of cyclic esters (lactones) is 1. The molecule has 13 heteroatoms. The van der Waals surface area contributed by atoms with E-state index in [1.807, 2.05) is 0 Å². The molecule has 194 valence electrons. The molecule has 0 atom stereocenters. The highest BCUT2D eigenvalue weighted by molar-refractivity contribution is 5.94. The van der Waals surface area contributed by atoms with Crippen LogP contribution in [0.5, 0.6) is 17.2 Å². The lowest BCUT2D eigenvalue weighted by Crippen LogP contribution is -2.44. The zero-order valence-corrected chi connectivity index (χ0v) is 19.0. The van der Waals surface area contributed by atoms with Crippen molar-refractivity contribution in [3.63, 3.8) is 0 Å². The Morgan fingerprint density at radius 2 is 1.64 bits per heavy atom. The first-order chi connectivity index (χ1) is 16.8. The fourth-order valence-electron chi connectivity index (χ4n) is 4.12. The molecule has 1 aliphatic carbocycles. The Morgan fingerprint density at radius 1 is 0.972 bits per heavy atom. The topological polar surface area (TPSA) is 202 Å². The summed E-state index contributed by atoms with van der Waals surface area (Å²) in [6.45, 7) is -0.250. The molecular weight excluding hydrogens is 484 g/mol. The van der Waals surface area contributed by atoms with Crippen LogP contribution in [0.1, 0.15) is 35.2 Å². The van der Waals surface area contributed by atoms with Gasteiger partial charge in [0.15, 0.2) is 11.5 Å². The predicted molar refractivity (Wildman–Crippen MR) is 115 cm³/mol. The maximum atomic E-state index is 12.4. The SMILES string of the molecule is COC(=O)C1(COc2c(-c3ccc4c(c3)COC4=O)ccc(OC(O)(O)O)c2OC(O)(O)O)CCC1. The maximum Gasteiger partial charge on any atom is 0.453 e. The van der Waals surface area contributed by atoms with Gasteiger partial charge in [-0.1, -0.05) is 12.5 Å². The van der Waals surface area contributed by atoms with Crippen molar-refractivity contribution in [2.24, 2.45) is 5.41 Å². The Morgan fingerprint density at radius 3 is 2.22 bits per heavy atom. The van der Waals surface area contributed by atoms with Crippen molar-refractivity contribution in [3.8, 4) is 28.4 Å². The molecular formula is C23H24O13. The highest BCUT2D eigenvalue weighted by atomic mass is 16.9. The Labute approximate surface area is 203 Å². The van der Waals surface area contributed by atoms with Crippen molar-refractivity contribution < 1.29 is 63.9 Å². The van der Waals surface area contributed by atoms with Crippen LogP contribution in [0.25, 0.3) is 11.1 Å². The number of hydrogen-bond acceptors (Lipinski definition) is 13. The summed E-state index contributed by atoms with van der Waals surface area (Å²) in [5.74, 6) is -2.78. The number of hydrogen-bond donors (Lipinski definition) is 6. The number of carbonyl (C=O) groups excluding carboxylic acids is 2. The fourth-order valence-corrected chi connectivity index (χ4v) is 4.12. The molecule has 0 radical (unpaired) electrons. The van der Waals surface area contributed by atoms with E-state index < -0.39 is 41.2 Å². The Kier molecular flexibility index (Phi) is 6.55. The van der Waals surface area contributed by atoms with E-state index in [0.29, 0.717) is 29.5 Å². The molecule has 2 aromatic carbocycles. The molecule has 13 nitrogen and oxygen atoms in total. The summed E-state index contributed by atoms with van der Waals surface area (Å²) in [7, 11) is 1.23. The average molecular weight is 508 g/mol. The van der Waals surface area contributed by atoms with Crippen molar-refractivity contribution in [2.45, 2.75) is 38.2 Å². The van der Waals surface area contributed by atoms with Gasteiger partial charge in [0, 0.05) is 11.1 Å². The van der Waals surface area contributed by atoms with Gasteiger partial charge in [0.1, 0.15) is 18.6 Å². The molecule has 1 fully saturated rings. The molecule has 6 N–H and O–H groups in total. The van der Waals surface area contributed by atoms with Gasteiger partial charge in [-0.15, -0.1) is 0 Å². The minimum Gasteiger partial charge on any atom is -0.488 e. The van der Waals surface area contributed by atoms with Crippen molar-refractivity contribution in [3.05, 3.63) is 41.5 Å². The lowest BCUT2D eigenvalue weighted by molar-refractivity contribution is -0.428. The van der Waals surface area contributed by atoms with Gasteiger partial charge in [0.05, 0.1) is 12.7 Å². The van der Waals surface area contributed by atoms with Gasteiger partial charge in [-0.3, -0.25) is 4.79 Å². The van der Waals surface area contributed by atoms with Crippen LogP contribution in [0.15, 0.2) is 30.3 Å². The van der Waals surface area contributed by atoms with Crippen LogP contribution >= 0.6 is 0 Å². The third kappa shape index (κ3) is 5.21. The van der Waals surface area contributed by atoms with Crippen molar-refractivity contribution in [1.29, 1.82) is 0 Å². The molecule has 0 bridgehead atoms. The molecule has 2 aliphatic rings. The average Bonchev–Trinajstić information content (AvgIpc) is 3.12. The Hall–Kier alpha value is -3.46. The largest absolute Gasteiger partial charge is 0.488 e. The fraction of sp³-hybridized carbons (Fsp3) is 0.391. The predicted octanol–water partition coefficient (Wildman–Crippen LogP) is -0.320. The Bertz CT molecular complexity index is 1170. The van der Waals surface area contributed by atoms with Crippen LogP contribution in [-0.2, 0) is 20.9 Å². The number of aliphatic hydroxyl groups is 6. The van der Waals surface area contributed by atoms with Gasteiger partial charge >= 0.3 is 24.3 Å².